The van der Waals surface area contributed by atoms with Crippen LogP contribution in [0.1, 0.15) is 26.3 Å². The summed E-state index contributed by atoms with van der Waals surface area (Å²) < 4.78 is 0. The summed E-state index contributed by atoms with van der Waals surface area (Å²) >= 11 is 0. The molecule has 112 valence electrons. The Kier molecular flexibility index (Phi) is 4.89. The molecule has 1 heterocycles. The van der Waals surface area contributed by atoms with E-state index in [4.69, 9.17) is 11.1 Å². The molecule has 0 aliphatic heterocycles. The fraction of sp³-hybridized carbons (Fsp3) is 0.158. The molecule has 0 saturated heterocycles. The summed E-state index contributed by atoms with van der Waals surface area (Å²) in [4.78, 5) is 4.41. The molecule has 0 aliphatic carbocycles. The Balaban J connectivity index is 2.39. The molecule has 1 aromatic heterocycles. The Morgan fingerprint density at radius 1 is 1.18 bits per heavy atom. The van der Waals surface area contributed by atoms with Crippen molar-refractivity contribution in [3.63, 3.8) is 0 Å². The second-order valence-electron chi connectivity index (χ2n) is 5.36. The summed E-state index contributed by atoms with van der Waals surface area (Å²) in [5.41, 5.74) is 10.7. The molecule has 0 fully saturated rings. The number of nitrogens with two attached hydrogens (primary N) is 1. The van der Waals surface area contributed by atoms with Gasteiger partial charge in [0.15, 0.2) is 0 Å². The second kappa shape index (κ2) is 6.85. The fourth-order valence-electron chi connectivity index (χ4n) is 2.16. The zero-order valence-electron chi connectivity index (χ0n) is 13.2. The Morgan fingerprint density at radius 3 is 2.59 bits per heavy atom. The van der Waals surface area contributed by atoms with Crippen molar-refractivity contribution in [1.82, 2.24) is 4.98 Å². The van der Waals surface area contributed by atoms with Crippen molar-refractivity contribution in [2.75, 3.05) is 0 Å². The van der Waals surface area contributed by atoms with Gasteiger partial charge in [-0.15, -0.1) is 0 Å². The van der Waals surface area contributed by atoms with E-state index in [2.05, 4.69) is 4.98 Å². The smallest absolute Gasteiger partial charge is 0.0717 e. The summed E-state index contributed by atoms with van der Waals surface area (Å²) in [6.07, 6.45) is 7.38. The van der Waals surface area contributed by atoms with Crippen LogP contribution in [0, 0.1) is 5.41 Å². The SMILES string of the molecule is C/C=C(C(=N)c1cnc2ccccc2c1)\C(N)=C/C=C(C)C. The number of benzene rings is 1. The van der Waals surface area contributed by atoms with Crippen molar-refractivity contribution >= 4 is 16.6 Å². The maximum absolute atomic E-state index is 8.43. The van der Waals surface area contributed by atoms with Crippen LogP contribution >= 0.6 is 0 Å². The zero-order valence-corrected chi connectivity index (χ0v) is 13.2. The van der Waals surface area contributed by atoms with Crippen LogP contribution in [0.15, 0.2) is 71.6 Å². The van der Waals surface area contributed by atoms with E-state index in [0.29, 0.717) is 11.4 Å². The fourth-order valence-corrected chi connectivity index (χ4v) is 2.16. The lowest BCUT2D eigenvalue weighted by molar-refractivity contribution is 1.31. The lowest BCUT2D eigenvalue weighted by Crippen LogP contribution is -2.11. The minimum atomic E-state index is 0.386. The molecule has 0 unspecified atom stereocenters. The molecule has 0 bridgehead atoms. The molecule has 0 atom stereocenters. The van der Waals surface area contributed by atoms with Gasteiger partial charge in [-0.2, -0.15) is 0 Å². The number of pyridine rings is 1. The molecule has 0 spiro atoms. The molecule has 2 rings (SSSR count). The maximum Gasteiger partial charge on any atom is 0.0717 e. The van der Waals surface area contributed by atoms with Crippen molar-refractivity contribution in [3.05, 3.63) is 77.2 Å². The quantitative estimate of drug-likeness (QED) is 0.649. The van der Waals surface area contributed by atoms with Crippen LogP contribution in [-0.4, -0.2) is 10.7 Å². The Hall–Kier alpha value is -2.68. The largest absolute Gasteiger partial charge is 0.398 e. The van der Waals surface area contributed by atoms with Gasteiger partial charge in [-0.1, -0.05) is 35.9 Å². The van der Waals surface area contributed by atoms with E-state index in [1.54, 1.807) is 6.20 Å². The van der Waals surface area contributed by atoms with Gasteiger partial charge in [0.05, 0.1) is 11.2 Å². The number of hydrogen-bond donors (Lipinski definition) is 2. The minimum Gasteiger partial charge on any atom is -0.398 e. The molecule has 1 aromatic carbocycles. The van der Waals surface area contributed by atoms with Gasteiger partial charge in [-0.3, -0.25) is 10.4 Å². The van der Waals surface area contributed by atoms with Crippen molar-refractivity contribution in [3.8, 4) is 0 Å². The molecule has 3 heteroatoms. The van der Waals surface area contributed by atoms with Crippen LogP contribution < -0.4 is 5.73 Å². The number of fused-ring (bicyclic) bond motifs is 1. The molecule has 0 radical (unpaired) electrons. The van der Waals surface area contributed by atoms with Crippen LogP contribution in [0.4, 0.5) is 0 Å². The standard InChI is InChI=1S/C19H21N3/c1-4-16(17(20)10-9-13(2)3)19(21)15-11-14-7-5-6-8-18(14)22-12-15/h4-12,21H,20H2,1-3H3/b16-4+,17-10+,21-19?. The van der Waals surface area contributed by atoms with E-state index in [-0.39, 0.29) is 0 Å². The predicted octanol–water partition coefficient (Wildman–Crippen LogP) is 4.36. The highest BCUT2D eigenvalue weighted by Gasteiger charge is 2.10. The van der Waals surface area contributed by atoms with Gasteiger partial charge < -0.3 is 5.73 Å². The first-order valence-corrected chi connectivity index (χ1v) is 7.24. The topological polar surface area (TPSA) is 62.8 Å². The molecule has 3 nitrogen and oxygen atoms in total. The molecular weight excluding hydrogens is 270 g/mol. The number of allylic oxidation sites excluding steroid dienone is 5. The highest BCUT2D eigenvalue weighted by Crippen LogP contribution is 2.18. The lowest BCUT2D eigenvalue weighted by atomic mass is 9.99. The van der Waals surface area contributed by atoms with E-state index in [1.807, 2.05) is 69.3 Å². The average molecular weight is 291 g/mol. The van der Waals surface area contributed by atoms with Crippen LogP contribution in [0.25, 0.3) is 10.9 Å². The van der Waals surface area contributed by atoms with Gasteiger partial charge >= 0.3 is 0 Å². The number of para-hydroxylation sites is 1. The lowest BCUT2D eigenvalue weighted by Gasteiger charge is -2.10. The molecule has 22 heavy (non-hydrogen) atoms. The van der Waals surface area contributed by atoms with Crippen LogP contribution in [0.5, 0.6) is 0 Å². The third kappa shape index (κ3) is 3.50. The van der Waals surface area contributed by atoms with Crippen molar-refractivity contribution < 1.29 is 0 Å². The first kappa shape index (κ1) is 15.7. The summed E-state index contributed by atoms with van der Waals surface area (Å²) in [7, 11) is 0. The maximum atomic E-state index is 8.43. The normalized spacial score (nSPS) is 12.3. The Labute approximate surface area is 131 Å². The highest BCUT2D eigenvalue weighted by molar-refractivity contribution is 6.14. The van der Waals surface area contributed by atoms with Crippen molar-refractivity contribution in [1.29, 1.82) is 5.41 Å². The highest BCUT2D eigenvalue weighted by atomic mass is 14.7. The molecule has 3 N–H and O–H groups in total. The number of nitrogens with zero attached hydrogens (tertiary/aromatic N) is 1. The first-order chi connectivity index (χ1) is 10.5. The van der Waals surface area contributed by atoms with Crippen LogP contribution in [0.3, 0.4) is 0 Å². The minimum absolute atomic E-state index is 0.386. The summed E-state index contributed by atoms with van der Waals surface area (Å²) in [6.45, 7) is 5.91. The van der Waals surface area contributed by atoms with E-state index < -0.39 is 0 Å². The Bertz CT molecular complexity index is 791. The van der Waals surface area contributed by atoms with Gasteiger partial charge in [0.25, 0.3) is 0 Å². The van der Waals surface area contributed by atoms with Crippen molar-refractivity contribution in [2.24, 2.45) is 5.73 Å². The summed E-state index contributed by atoms with van der Waals surface area (Å²) in [5, 5.41) is 9.45. The summed E-state index contributed by atoms with van der Waals surface area (Å²) in [6, 6.07) is 9.86. The summed E-state index contributed by atoms with van der Waals surface area (Å²) in [5.74, 6) is 0. The van der Waals surface area contributed by atoms with E-state index in [1.165, 1.54) is 0 Å². The third-order valence-electron chi connectivity index (χ3n) is 3.34. The number of nitrogens with one attached hydrogen (secondary N) is 1. The molecule has 0 saturated carbocycles. The molecular formula is C19H21N3. The number of aromatic nitrogens is 1. The van der Waals surface area contributed by atoms with E-state index >= 15 is 0 Å². The monoisotopic (exact) mass is 291 g/mol. The molecule has 0 aliphatic rings. The average Bonchev–Trinajstić information content (AvgIpc) is 2.53. The van der Waals surface area contributed by atoms with Crippen molar-refractivity contribution in [2.45, 2.75) is 20.8 Å². The van der Waals surface area contributed by atoms with E-state index in [9.17, 15) is 0 Å². The zero-order chi connectivity index (χ0) is 16.1. The first-order valence-electron chi connectivity index (χ1n) is 7.24. The van der Waals surface area contributed by atoms with Crippen LogP contribution in [-0.2, 0) is 0 Å². The van der Waals surface area contributed by atoms with Gasteiger partial charge in [-0.25, -0.2) is 0 Å². The van der Waals surface area contributed by atoms with Gasteiger partial charge in [-0.05, 0) is 39.0 Å². The van der Waals surface area contributed by atoms with E-state index in [0.717, 1.165) is 27.6 Å². The molecule has 2 aromatic rings. The molecule has 0 amide bonds. The van der Waals surface area contributed by atoms with Crippen LogP contribution in [0.2, 0.25) is 0 Å². The number of rotatable bonds is 4. The third-order valence-corrected chi connectivity index (χ3v) is 3.34. The Morgan fingerprint density at radius 2 is 1.91 bits per heavy atom. The predicted molar refractivity (Wildman–Crippen MR) is 94.0 cm³/mol. The number of hydrogen-bond acceptors (Lipinski definition) is 3. The second-order valence-corrected chi connectivity index (χ2v) is 5.36. The van der Waals surface area contributed by atoms with Gasteiger partial charge in [0.1, 0.15) is 0 Å². The van der Waals surface area contributed by atoms with Gasteiger partial charge in [0.2, 0.25) is 0 Å². The van der Waals surface area contributed by atoms with Gasteiger partial charge in [0, 0.05) is 28.4 Å².